The molecule has 1 amide bonds. The number of alkyl halides is 3. The zero-order valence-corrected chi connectivity index (χ0v) is 12.4. The van der Waals surface area contributed by atoms with Crippen LogP contribution in [0.2, 0.25) is 0 Å². The van der Waals surface area contributed by atoms with Crippen LogP contribution >= 0.6 is 0 Å². The van der Waals surface area contributed by atoms with E-state index >= 15 is 0 Å². The Kier molecular flexibility index (Phi) is 5.42. The number of nitrogens with zero attached hydrogens (tertiary/aromatic N) is 1. The number of para-hydroxylation sites is 2. The lowest BCUT2D eigenvalue weighted by Crippen LogP contribution is -2.21. The van der Waals surface area contributed by atoms with Crippen LogP contribution in [0.5, 0.6) is 11.5 Å². The molecular formula is C15H11F3N2O5. The van der Waals surface area contributed by atoms with E-state index in [1.54, 1.807) is 0 Å². The normalized spacial score (nSPS) is 10.8. The standard InChI is InChI=1S/C15H11F3N2O5/c16-15(17,18)25-11-5-3-4-10(8-11)19-14(21)9-24-13-7-2-1-6-12(13)20(22)23/h1-8H,9H2,(H,19,21). The van der Waals surface area contributed by atoms with Gasteiger partial charge in [0.2, 0.25) is 0 Å². The first kappa shape index (κ1) is 18.0. The summed E-state index contributed by atoms with van der Waals surface area (Å²) in [6.07, 6.45) is -4.85. The van der Waals surface area contributed by atoms with E-state index in [1.165, 1.54) is 36.4 Å². The lowest BCUT2D eigenvalue weighted by Gasteiger charge is -2.11. The fourth-order valence-corrected chi connectivity index (χ4v) is 1.84. The molecule has 0 aliphatic rings. The maximum atomic E-state index is 12.2. The molecular weight excluding hydrogens is 345 g/mol. The van der Waals surface area contributed by atoms with E-state index < -0.39 is 29.5 Å². The van der Waals surface area contributed by atoms with Crippen LogP contribution in [0.4, 0.5) is 24.5 Å². The molecule has 25 heavy (non-hydrogen) atoms. The maximum Gasteiger partial charge on any atom is 0.573 e. The summed E-state index contributed by atoms with van der Waals surface area (Å²) in [7, 11) is 0. The number of nitrogens with one attached hydrogen (secondary N) is 1. The third-order valence-corrected chi connectivity index (χ3v) is 2.77. The highest BCUT2D eigenvalue weighted by Crippen LogP contribution is 2.26. The van der Waals surface area contributed by atoms with E-state index in [4.69, 9.17) is 4.74 Å². The van der Waals surface area contributed by atoms with Crippen LogP contribution < -0.4 is 14.8 Å². The van der Waals surface area contributed by atoms with E-state index in [0.717, 1.165) is 12.1 Å². The Labute approximate surface area is 139 Å². The molecule has 1 N–H and O–H groups in total. The average Bonchev–Trinajstić information content (AvgIpc) is 2.52. The van der Waals surface area contributed by atoms with Crippen molar-refractivity contribution in [3.8, 4) is 11.5 Å². The molecule has 7 nitrogen and oxygen atoms in total. The number of nitro groups is 1. The molecule has 0 saturated carbocycles. The van der Waals surface area contributed by atoms with Crippen LogP contribution in [0, 0.1) is 10.1 Å². The average molecular weight is 356 g/mol. The Morgan fingerprint density at radius 2 is 1.88 bits per heavy atom. The minimum atomic E-state index is -4.85. The molecule has 0 fully saturated rings. The molecule has 0 aliphatic carbocycles. The van der Waals surface area contributed by atoms with E-state index in [9.17, 15) is 28.1 Å². The first-order valence-electron chi connectivity index (χ1n) is 6.76. The number of anilines is 1. The molecule has 0 unspecified atom stereocenters. The topological polar surface area (TPSA) is 90.7 Å². The van der Waals surface area contributed by atoms with Crippen molar-refractivity contribution in [2.45, 2.75) is 6.36 Å². The summed E-state index contributed by atoms with van der Waals surface area (Å²) in [6, 6.07) is 10.2. The number of nitro benzene ring substituents is 1. The minimum Gasteiger partial charge on any atom is -0.477 e. The SMILES string of the molecule is O=C(COc1ccccc1[N+](=O)[O-])Nc1cccc(OC(F)(F)F)c1. The van der Waals surface area contributed by atoms with Gasteiger partial charge in [0.1, 0.15) is 5.75 Å². The van der Waals surface area contributed by atoms with Crippen molar-refractivity contribution in [1.82, 2.24) is 0 Å². The van der Waals surface area contributed by atoms with Crippen molar-refractivity contribution in [1.29, 1.82) is 0 Å². The molecule has 0 atom stereocenters. The van der Waals surface area contributed by atoms with Gasteiger partial charge in [0.15, 0.2) is 12.4 Å². The number of carbonyl (C=O) groups excluding carboxylic acids is 1. The number of amides is 1. The van der Waals surface area contributed by atoms with Gasteiger partial charge in [0.25, 0.3) is 5.91 Å². The quantitative estimate of drug-likeness (QED) is 0.632. The lowest BCUT2D eigenvalue weighted by molar-refractivity contribution is -0.385. The molecule has 0 aliphatic heterocycles. The monoisotopic (exact) mass is 356 g/mol. The first-order valence-corrected chi connectivity index (χ1v) is 6.76. The van der Waals surface area contributed by atoms with Gasteiger partial charge in [-0.15, -0.1) is 13.2 Å². The number of benzene rings is 2. The van der Waals surface area contributed by atoms with Gasteiger partial charge in [0.05, 0.1) is 4.92 Å². The molecule has 2 rings (SSSR count). The molecule has 0 spiro atoms. The molecule has 0 aromatic heterocycles. The second kappa shape index (κ2) is 7.51. The highest BCUT2D eigenvalue weighted by Gasteiger charge is 2.31. The van der Waals surface area contributed by atoms with Crippen molar-refractivity contribution >= 4 is 17.3 Å². The Balaban J connectivity index is 1.97. The smallest absolute Gasteiger partial charge is 0.477 e. The van der Waals surface area contributed by atoms with Crippen LogP contribution in [0.25, 0.3) is 0 Å². The second-order valence-electron chi connectivity index (χ2n) is 4.64. The second-order valence-corrected chi connectivity index (χ2v) is 4.64. The Bertz CT molecular complexity index is 780. The van der Waals surface area contributed by atoms with Gasteiger partial charge in [-0.2, -0.15) is 0 Å². The highest BCUT2D eigenvalue weighted by molar-refractivity contribution is 5.92. The molecule has 2 aromatic carbocycles. The third-order valence-electron chi connectivity index (χ3n) is 2.77. The van der Waals surface area contributed by atoms with Crippen molar-refractivity contribution in [3.63, 3.8) is 0 Å². The summed E-state index contributed by atoms with van der Waals surface area (Å²) in [4.78, 5) is 22.0. The van der Waals surface area contributed by atoms with E-state index in [2.05, 4.69) is 10.1 Å². The fraction of sp³-hybridized carbons (Fsp3) is 0.133. The molecule has 10 heteroatoms. The predicted molar refractivity (Wildman–Crippen MR) is 80.3 cm³/mol. The molecule has 132 valence electrons. The number of rotatable bonds is 6. The predicted octanol–water partition coefficient (Wildman–Crippen LogP) is 3.51. The summed E-state index contributed by atoms with van der Waals surface area (Å²) < 4.78 is 45.3. The lowest BCUT2D eigenvalue weighted by atomic mass is 10.3. The van der Waals surface area contributed by atoms with Gasteiger partial charge in [-0.1, -0.05) is 18.2 Å². The van der Waals surface area contributed by atoms with Crippen molar-refractivity contribution < 1.29 is 32.4 Å². The van der Waals surface area contributed by atoms with Gasteiger partial charge in [-0.25, -0.2) is 0 Å². The van der Waals surface area contributed by atoms with Crippen LogP contribution in [0.1, 0.15) is 0 Å². The van der Waals surface area contributed by atoms with E-state index in [1.807, 2.05) is 0 Å². The van der Waals surface area contributed by atoms with E-state index in [-0.39, 0.29) is 17.1 Å². The summed E-state index contributed by atoms with van der Waals surface area (Å²) in [5.41, 5.74) is -0.256. The summed E-state index contributed by atoms with van der Waals surface area (Å²) >= 11 is 0. The number of hydrogen-bond donors (Lipinski definition) is 1. The fourth-order valence-electron chi connectivity index (χ4n) is 1.84. The first-order chi connectivity index (χ1) is 11.7. The Morgan fingerprint density at radius 1 is 1.16 bits per heavy atom. The van der Waals surface area contributed by atoms with Crippen molar-refractivity contribution in [2.24, 2.45) is 0 Å². The van der Waals surface area contributed by atoms with Crippen LogP contribution in [0.3, 0.4) is 0 Å². The maximum absolute atomic E-state index is 12.2. The molecule has 0 saturated heterocycles. The van der Waals surface area contributed by atoms with Crippen LogP contribution in [0.15, 0.2) is 48.5 Å². The zero-order chi connectivity index (χ0) is 18.4. The summed E-state index contributed by atoms with van der Waals surface area (Å²) in [5.74, 6) is -1.30. The molecule has 0 radical (unpaired) electrons. The highest BCUT2D eigenvalue weighted by atomic mass is 19.4. The number of carbonyl (C=O) groups is 1. The van der Waals surface area contributed by atoms with Gasteiger partial charge in [-0.3, -0.25) is 14.9 Å². The van der Waals surface area contributed by atoms with Crippen molar-refractivity contribution in [3.05, 3.63) is 58.6 Å². The largest absolute Gasteiger partial charge is 0.573 e. The zero-order valence-electron chi connectivity index (χ0n) is 12.4. The van der Waals surface area contributed by atoms with E-state index in [0.29, 0.717) is 0 Å². The molecule has 0 heterocycles. The van der Waals surface area contributed by atoms with Gasteiger partial charge >= 0.3 is 12.0 Å². The molecule has 2 aromatic rings. The van der Waals surface area contributed by atoms with Gasteiger partial charge in [-0.05, 0) is 18.2 Å². The summed E-state index contributed by atoms with van der Waals surface area (Å²) in [6.45, 7) is -0.560. The Morgan fingerprint density at radius 3 is 2.56 bits per heavy atom. The van der Waals surface area contributed by atoms with Crippen LogP contribution in [-0.4, -0.2) is 23.8 Å². The summed E-state index contributed by atoms with van der Waals surface area (Å²) in [5, 5.41) is 13.1. The third kappa shape index (κ3) is 5.68. The number of ether oxygens (including phenoxy) is 2. The van der Waals surface area contributed by atoms with Crippen LogP contribution in [-0.2, 0) is 4.79 Å². The van der Waals surface area contributed by atoms with Gasteiger partial charge < -0.3 is 14.8 Å². The molecule has 0 bridgehead atoms. The van der Waals surface area contributed by atoms with Crippen molar-refractivity contribution in [2.75, 3.05) is 11.9 Å². The minimum absolute atomic E-state index is 0.0536. The number of halogens is 3. The van der Waals surface area contributed by atoms with Gasteiger partial charge in [0, 0.05) is 17.8 Å². The Hall–Kier alpha value is -3.30. The number of hydrogen-bond acceptors (Lipinski definition) is 5.